The number of anilines is 1. The molecule has 0 aromatic heterocycles. The zero-order chi connectivity index (χ0) is 21.3. The highest BCUT2D eigenvalue weighted by molar-refractivity contribution is 5.94. The number of likely N-dealkylation sites (N-methyl/N-ethyl adjacent to an activating group) is 1. The quantitative estimate of drug-likeness (QED) is 0.690. The molecule has 0 spiro atoms. The van der Waals surface area contributed by atoms with Gasteiger partial charge in [0.2, 0.25) is 0 Å². The molecule has 9 heteroatoms. The van der Waals surface area contributed by atoms with Gasteiger partial charge in [-0.3, -0.25) is 14.6 Å². The van der Waals surface area contributed by atoms with Gasteiger partial charge in [-0.05, 0) is 62.4 Å². The van der Waals surface area contributed by atoms with E-state index in [2.05, 4.69) is 35.0 Å². The lowest BCUT2D eigenvalue weighted by Gasteiger charge is -2.41. The number of aliphatic carboxylic acids is 1. The van der Waals surface area contributed by atoms with Crippen LogP contribution in [0.25, 0.3) is 0 Å². The average molecular weight is 487 g/mol. The molecule has 0 saturated carbocycles. The Morgan fingerprint density at radius 1 is 1.06 bits per heavy atom. The van der Waals surface area contributed by atoms with Crippen molar-refractivity contribution in [2.75, 3.05) is 51.2 Å². The smallest absolute Gasteiger partial charge is 0.325 e. The van der Waals surface area contributed by atoms with Crippen molar-refractivity contribution in [3.8, 4) is 0 Å². The summed E-state index contributed by atoms with van der Waals surface area (Å²) in [6.45, 7) is 6.62. The standard InChI is InChI=1S/C23H34N4O3.2ClH/c1-17(22(28)29)16-25-10-4-3-5-21(25)27-14-13-26(23(27)30)20-7-6-18-8-11-24(2)12-9-19(18)15-20;;/h6-7,15,17,21H,3-5,8-14,16H2,1-2H3,(H,28,29);2*1H. The minimum absolute atomic E-state index is 0. The molecule has 4 rings (SSSR count). The van der Waals surface area contributed by atoms with E-state index >= 15 is 0 Å². The van der Waals surface area contributed by atoms with E-state index in [1.165, 1.54) is 11.1 Å². The Balaban J connectivity index is 0.00000181. The van der Waals surface area contributed by atoms with Crippen molar-refractivity contribution in [1.29, 1.82) is 0 Å². The maximum Gasteiger partial charge on any atom is 0.325 e. The normalized spacial score (nSPS) is 23.1. The molecular formula is C23H36Cl2N4O3. The van der Waals surface area contributed by atoms with Gasteiger partial charge >= 0.3 is 12.0 Å². The molecule has 1 aromatic carbocycles. The van der Waals surface area contributed by atoms with Crippen molar-refractivity contribution in [3.05, 3.63) is 29.3 Å². The summed E-state index contributed by atoms with van der Waals surface area (Å²) in [6, 6.07) is 6.56. The topological polar surface area (TPSA) is 67.3 Å². The lowest BCUT2D eigenvalue weighted by Crippen LogP contribution is -2.53. The van der Waals surface area contributed by atoms with Crippen LogP contribution in [-0.2, 0) is 17.6 Å². The number of carbonyl (C=O) groups is 2. The molecule has 3 aliphatic heterocycles. The summed E-state index contributed by atoms with van der Waals surface area (Å²) in [5, 5.41) is 9.32. The molecule has 2 atom stereocenters. The van der Waals surface area contributed by atoms with Crippen LogP contribution in [0.15, 0.2) is 18.2 Å². The first-order chi connectivity index (χ1) is 14.4. The SMILES string of the molecule is CC(CN1CCCCC1N1CCN(c2ccc3c(c2)CCN(C)CC3)C1=O)C(=O)O.Cl.Cl. The molecule has 180 valence electrons. The third-order valence-electron chi connectivity index (χ3n) is 6.94. The average Bonchev–Trinajstić information content (AvgIpc) is 3.01. The number of carbonyl (C=O) groups excluding carboxylic acids is 1. The Labute approximate surface area is 203 Å². The van der Waals surface area contributed by atoms with Crippen LogP contribution in [0.4, 0.5) is 10.5 Å². The summed E-state index contributed by atoms with van der Waals surface area (Å²) in [5.41, 5.74) is 3.75. The predicted molar refractivity (Wildman–Crippen MR) is 131 cm³/mol. The number of likely N-dealkylation sites (tertiary alicyclic amines) is 1. The minimum atomic E-state index is -0.774. The van der Waals surface area contributed by atoms with Gasteiger partial charge in [-0.25, -0.2) is 4.79 Å². The van der Waals surface area contributed by atoms with Gasteiger partial charge < -0.3 is 14.9 Å². The number of piperidine rings is 1. The molecule has 2 amide bonds. The summed E-state index contributed by atoms with van der Waals surface area (Å²) < 4.78 is 0. The van der Waals surface area contributed by atoms with Gasteiger partial charge in [0.25, 0.3) is 0 Å². The first-order valence-corrected chi connectivity index (χ1v) is 11.3. The van der Waals surface area contributed by atoms with Crippen LogP contribution < -0.4 is 4.90 Å². The van der Waals surface area contributed by atoms with Crippen LogP contribution in [0.2, 0.25) is 0 Å². The van der Waals surface area contributed by atoms with Crippen molar-refractivity contribution in [1.82, 2.24) is 14.7 Å². The van der Waals surface area contributed by atoms with E-state index in [1.807, 2.05) is 9.80 Å². The van der Waals surface area contributed by atoms with E-state index in [9.17, 15) is 14.7 Å². The van der Waals surface area contributed by atoms with Gasteiger partial charge in [0.15, 0.2) is 0 Å². The molecule has 1 N–H and O–H groups in total. The van der Waals surface area contributed by atoms with Gasteiger partial charge in [0.1, 0.15) is 0 Å². The number of urea groups is 1. The Morgan fingerprint density at radius 3 is 2.50 bits per heavy atom. The summed E-state index contributed by atoms with van der Waals surface area (Å²) in [6.07, 6.45) is 5.15. The van der Waals surface area contributed by atoms with E-state index in [-0.39, 0.29) is 37.0 Å². The number of rotatable bonds is 5. The Bertz CT molecular complexity index is 809. The maximum atomic E-state index is 13.4. The molecule has 32 heavy (non-hydrogen) atoms. The molecule has 2 fully saturated rings. The van der Waals surface area contributed by atoms with E-state index < -0.39 is 11.9 Å². The van der Waals surface area contributed by atoms with Crippen molar-refractivity contribution >= 4 is 42.5 Å². The predicted octanol–water partition coefficient (Wildman–Crippen LogP) is 3.34. The molecule has 1 aromatic rings. The fraction of sp³-hybridized carbons (Fsp3) is 0.652. The Hall–Kier alpha value is -1.54. The molecule has 0 radical (unpaired) electrons. The number of hydrogen-bond acceptors (Lipinski definition) is 4. The number of carboxylic acid groups (broad SMARTS) is 1. The van der Waals surface area contributed by atoms with Crippen molar-refractivity contribution in [2.24, 2.45) is 5.92 Å². The molecule has 3 heterocycles. The van der Waals surface area contributed by atoms with Crippen LogP contribution in [-0.4, -0.2) is 84.3 Å². The highest BCUT2D eigenvalue weighted by atomic mass is 35.5. The lowest BCUT2D eigenvalue weighted by molar-refractivity contribution is -0.142. The zero-order valence-electron chi connectivity index (χ0n) is 19.0. The number of halogens is 2. The van der Waals surface area contributed by atoms with Gasteiger partial charge in [-0.2, -0.15) is 0 Å². The van der Waals surface area contributed by atoms with Gasteiger partial charge in [-0.15, -0.1) is 24.8 Å². The molecule has 2 saturated heterocycles. The minimum Gasteiger partial charge on any atom is -0.481 e. The first-order valence-electron chi connectivity index (χ1n) is 11.3. The highest BCUT2D eigenvalue weighted by Crippen LogP contribution is 2.29. The molecule has 0 bridgehead atoms. The largest absolute Gasteiger partial charge is 0.481 e. The van der Waals surface area contributed by atoms with Crippen LogP contribution in [0.5, 0.6) is 0 Å². The van der Waals surface area contributed by atoms with Crippen molar-refractivity contribution < 1.29 is 14.7 Å². The van der Waals surface area contributed by atoms with E-state index in [1.54, 1.807) is 6.92 Å². The number of benzene rings is 1. The molecule has 2 unspecified atom stereocenters. The van der Waals surface area contributed by atoms with E-state index in [4.69, 9.17) is 0 Å². The zero-order valence-corrected chi connectivity index (χ0v) is 20.7. The summed E-state index contributed by atoms with van der Waals surface area (Å²) in [4.78, 5) is 33.1. The summed E-state index contributed by atoms with van der Waals surface area (Å²) in [7, 11) is 2.16. The lowest BCUT2D eigenvalue weighted by atomic mass is 10.0. The summed E-state index contributed by atoms with van der Waals surface area (Å²) >= 11 is 0. The number of hydrogen-bond donors (Lipinski definition) is 1. The van der Waals surface area contributed by atoms with Gasteiger partial charge in [0, 0.05) is 45.0 Å². The first kappa shape index (κ1) is 26.7. The van der Waals surface area contributed by atoms with E-state index in [0.29, 0.717) is 19.6 Å². The van der Waals surface area contributed by atoms with E-state index in [0.717, 1.165) is 57.4 Å². The summed E-state index contributed by atoms with van der Waals surface area (Å²) in [5.74, 6) is -1.20. The third-order valence-corrected chi connectivity index (χ3v) is 6.94. The maximum absolute atomic E-state index is 13.4. The fourth-order valence-electron chi connectivity index (χ4n) is 5.03. The Kier molecular flexibility index (Phi) is 9.64. The third kappa shape index (κ3) is 5.68. The van der Waals surface area contributed by atoms with Crippen LogP contribution in [0, 0.1) is 5.92 Å². The van der Waals surface area contributed by atoms with Crippen LogP contribution in [0.1, 0.15) is 37.3 Å². The number of nitrogens with zero attached hydrogens (tertiary/aromatic N) is 4. The van der Waals surface area contributed by atoms with Gasteiger partial charge in [0.05, 0.1) is 12.1 Å². The Morgan fingerprint density at radius 2 is 1.78 bits per heavy atom. The molecule has 7 nitrogen and oxygen atoms in total. The van der Waals surface area contributed by atoms with Crippen molar-refractivity contribution in [3.63, 3.8) is 0 Å². The van der Waals surface area contributed by atoms with Crippen molar-refractivity contribution in [2.45, 2.75) is 45.2 Å². The second-order valence-corrected chi connectivity index (χ2v) is 9.09. The molecule has 3 aliphatic rings. The van der Waals surface area contributed by atoms with Gasteiger partial charge in [-0.1, -0.05) is 13.0 Å². The molecular weight excluding hydrogens is 451 g/mol. The number of amides is 2. The second-order valence-electron chi connectivity index (χ2n) is 9.09. The van der Waals surface area contributed by atoms with Crippen LogP contribution >= 0.6 is 24.8 Å². The van der Waals surface area contributed by atoms with Crippen LogP contribution in [0.3, 0.4) is 0 Å². The molecule has 0 aliphatic carbocycles. The number of carboxylic acids is 1. The number of fused-ring (bicyclic) bond motifs is 1. The second kappa shape index (κ2) is 11.5. The fourth-order valence-corrected chi connectivity index (χ4v) is 5.03. The highest BCUT2D eigenvalue weighted by Gasteiger charge is 2.39. The monoisotopic (exact) mass is 486 g/mol.